The van der Waals surface area contributed by atoms with E-state index in [1.165, 1.54) is 10.4 Å². The topological polar surface area (TPSA) is 48.4 Å². The number of β-amino-alcohol motifs (C(OH)–C–C–N with tert-alkyl or cyclic N) is 1. The second kappa shape index (κ2) is 11.8. The molecule has 7 heteroatoms. The number of rotatable bonds is 10. The molecule has 1 aliphatic rings. The number of aliphatic hydroxyl groups excluding tert-OH is 1. The van der Waals surface area contributed by atoms with Gasteiger partial charge in [-0.15, -0.1) is 11.3 Å². The third-order valence-electron chi connectivity index (χ3n) is 5.77. The highest BCUT2D eigenvalue weighted by atomic mass is 32.1. The quantitative estimate of drug-likeness (QED) is 0.604. The summed E-state index contributed by atoms with van der Waals surface area (Å²) < 4.78 is 11.5. The molecule has 0 spiro atoms. The van der Waals surface area contributed by atoms with Crippen LogP contribution in [0.15, 0.2) is 29.6 Å². The summed E-state index contributed by atoms with van der Waals surface area (Å²) >= 11 is 1.80. The maximum Gasteiger partial charge on any atom is 0.161 e. The van der Waals surface area contributed by atoms with Crippen LogP contribution in [0, 0.1) is 6.92 Å². The van der Waals surface area contributed by atoms with Crippen molar-refractivity contribution in [1.29, 1.82) is 0 Å². The molecule has 1 N–H and O–H groups in total. The van der Waals surface area contributed by atoms with E-state index in [2.05, 4.69) is 53.2 Å². The molecule has 31 heavy (non-hydrogen) atoms. The number of ether oxygens (including phenoxy) is 2. The van der Waals surface area contributed by atoms with E-state index in [4.69, 9.17) is 9.47 Å². The average Bonchev–Trinajstić information content (AvgIpc) is 3.02. The smallest absolute Gasteiger partial charge is 0.161 e. The molecule has 0 aliphatic carbocycles. The highest BCUT2D eigenvalue weighted by Gasteiger charge is 2.17. The van der Waals surface area contributed by atoms with Crippen LogP contribution in [-0.4, -0.2) is 86.4 Å². The first kappa shape index (κ1) is 24.0. The number of hydrogen-bond donors (Lipinski definition) is 1. The first-order valence-electron chi connectivity index (χ1n) is 11.0. The highest BCUT2D eigenvalue weighted by Crippen LogP contribution is 2.29. The second-order valence-electron chi connectivity index (χ2n) is 8.61. The predicted molar refractivity (Wildman–Crippen MR) is 127 cm³/mol. The van der Waals surface area contributed by atoms with Crippen LogP contribution in [0.2, 0.25) is 0 Å². The van der Waals surface area contributed by atoms with Gasteiger partial charge >= 0.3 is 0 Å². The molecule has 1 aromatic carbocycles. The van der Waals surface area contributed by atoms with Gasteiger partial charge < -0.3 is 19.5 Å². The summed E-state index contributed by atoms with van der Waals surface area (Å²) in [4.78, 5) is 8.37. The van der Waals surface area contributed by atoms with Gasteiger partial charge in [-0.1, -0.05) is 6.07 Å². The van der Waals surface area contributed by atoms with Crippen molar-refractivity contribution in [3.63, 3.8) is 0 Å². The van der Waals surface area contributed by atoms with E-state index in [1.807, 2.05) is 12.1 Å². The highest BCUT2D eigenvalue weighted by molar-refractivity contribution is 7.10. The minimum Gasteiger partial charge on any atom is -0.493 e. The number of methoxy groups -OCH3 is 1. The summed E-state index contributed by atoms with van der Waals surface area (Å²) in [6, 6.07) is 8.23. The van der Waals surface area contributed by atoms with Gasteiger partial charge in [-0.25, -0.2) is 0 Å². The molecule has 3 rings (SSSR count). The zero-order valence-electron chi connectivity index (χ0n) is 19.3. The summed E-state index contributed by atoms with van der Waals surface area (Å²) in [5.41, 5.74) is 2.51. The molecular weight excluding hydrogens is 410 g/mol. The fourth-order valence-corrected chi connectivity index (χ4v) is 4.92. The summed E-state index contributed by atoms with van der Waals surface area (Å²) in [6.07, 6.45) is 0.611. The Balaban J connectivity index is 1.54. The van der Waals surface area contributed by atoms with Gasteiger partial charge in [-0.3, -0.25) is 9.80 Å². The van der Waals surface area contributed by atoms with Crippen LogP contribution in [0.1, 0.15) is 22.4 Å². The molecule has 1 aromatic heterocycles. The lowest BCUT2D eigenvalue weighted by Gasteiger charge is -2.24. The Morgan fingerprint density at radius 3 is 2.71 bits per heavy atom. The van der Waals surface area contributed by atoms with E-state index in [-0.39, 0.29) is 6.61 Å². The molecule has 1 saturated heterocycles. The molecule has 1 aliphatic heterocycles. The molecule has 0 amide bonds. The fourth-order valence-electron chi connectivity index (χ4n) is 3.93. The van der Waals surface area contributed by atoms with Gasteiger partial charge in [0.2, 0.25) is 0 Å². The molecule has 1 fully saturated rings. The van der Waals surface area contributed by atoms with Crippen molar-refractivity contribution >= 4 is 11.3 Å². The van der Waals surface area contributed by atoms with Crippen LogP contribution < -0.4 is 9.47 Å². The third kappa shape index (κ3) is 7.47. The predicted octanol–water partition coefficient (Wildman–Crippen LogP) is 3.07. The van der Waals surface area contributed by atoms with Crippen LogP contribution >= 0.6 is 11.3 Å². The zero-order chi connectivity index (χ0) is 22.2. The van der Waals surface area contributed by atoms with Gasteiger partial charge in [-0.2, -0.15) is 0 Å². The summed E-state index contributed by atoms with van der Waals surface area (Å²) in [5, 5.41) is 12.7. The Labute approximate surface area is 191 Å². The van der Waals surface area contributed by atoms with Crippen LogP contribution in [0.5, 0.6) is 11.5 Å². The number of aryl methyl sites for hydroxylation is 1. The van der Waals surface area contributed by atoms with Gasteiger partial charge in [0.25, 0.3) is 0 Å². The van der Waals surface area contributed by atoms with E-state index >= 15 is 0 Å². The first-order chi connectivity index (χ1) is 14.9. The second-order valence-corrected chi connectivity index (χ2v) is 9.61. The lowest BCUT2D eigenvalue weighted by atomic mass is 10.2. The van der Waals surface area contributed by atoms with E-state index < -0.39 is 6.10 Å². The largest absolute Gasteiger partial charge is 0.493 e. The van der Waals surface area contributed by atoms with E-state index in [0.29, 0.717) is 18.0 Å². The van der Waals surface area contributed by atoms with Gasteiger partial charge in [0.05, 0.1) is 7.11 Å². The van der Waals surface area contributed by atoms with Crippen molar-refractivity contribution in [2.24, 2.45) is 0 Å². The Morgan fingerprint density at radius 1 is 1.13 bits per heavy atom. The van der Waals surface area contributed by atoms with Crippen molar-refractivity contribution in [2.45, 2.75) is 32.5 Å². The van der Waals surface area contributed by atoms with Crippen molar-refractivity contribution in [1.82, 2.24) is 14.7 Å². The molecule has 1 atom stereocenters. The van der Waals surface area contributed by atoms with E-state index in [9.17, 15) is 5.11 Å². The van der Waals surface area contributed by atoms with Crippen molar-refractivity contribution < 1.29 is 14.6 Å². The molecular formula is C24H37N3O3S. The number of likely N-dealkylation sites (N-methyl/N-ethyl adjacent to an activating group) is 1. The Bertz CT molecular complexity index is 813. The first-order valence-corrected chi connectivity index (χ1v) is 11.9. The minimum absolute atomic E-state index is 0.260. The molecule has 2 heterocycles. The monoisotopic (exact) mass is 447 g/mol. The Kier molecular flexibility index (Phi) is 9.16. The fraction of sp³-hybridized carbons (Fsp3) is 0.583. The van der Waals surface area contributed by atoms with Gasteiger partial charge in [0.15, 0.2) is 11.5 Å². The SMILES string of the molecule is COc1ccc(CN(C)Cc2sccc2C)cc1OCC(O)CN1CCCN(C)CC1. The Morgan fingerprint density at radius 2 is 1.97 bits per heavy atom. The number of benzene rings is 1. The van der Waals surface area contributed by atoms with Gasteiger partial charge in [0, 0.05) is 37.6 Å². The molecule has 2 aromatic rings. The third-order valence-corrected chi connectivity index (χ3v) is 6.78. The summed E-state index contributed by atoms with van der Waals surface area (Å²) in [5.74, 6) is 1.39. The van der Waals surface area contributed by atoms with Crippen LogP contribution in [0.25, 0.3) is 0 Å². The maximum absolute atomic E-state index is 10.5. The molecule has 0 saturated carbocycles. The number of nitrogens with zero attached hydrogens (tertiary/aromatic N) is 3. The number of hydrogen-bond acceptors (Lipinski definition) is 7. The van der Waals surface area contributed by atoms with E-state index in [1.54, 1.807) is 18.4 Å². The van der Waals surface area contributed by atoms with Crippen molar-refractivity contribution in [3.05, 3.63) is 45.6 Å². The number of thiophene rings is 1. The average molecular weight is 448 g/mol. The number of aliphatic hydroxyl groups is 1. The molecule has 0 radical (unpaired) electrons. The standard InChI is InChI=1S/C24H37N3O3S/c1-19-8-13-31-24(19)17-26(3)15-20-6-7-22(29-4)23(14-20)30-18-21(28)16-27-10-5-9-25(2)11-12-27/h6-8,13-14,21,28H,5,9-12,15-18H2,1-4H3. The Hall–Kier alpha value is -1.64. The van der Waals surface area contributed by atoms with Crippen LogP contribution in [0.3, 0.4) is 0 Å². The van der Waals surface area contributed by atoms with Crippen LogP contribution in [0.4, 0.5) is 0 Å². The molecule has 0 bridgehead atoms. The molecule has 6 nitrogen and oxygen atoms in total. The molecule has 172 valence electrons. The zero-order valence-corrected chi connectivity index (χ0v) is 20.2. The summed E-state index contributed by atoms with van der Waals surface area (Å²) in [6.45, 7) is 8.98. The molecule has 1 unspecified atom stereocenters. The van der Waals surface area contributed by atoms with Gasteiger partial charge in [0.1, 0.15) is 12.7 Å². The minimum atomic E-state index is -0.527. The van der Waals surface area contributed by atoms with Crippen molar-refractivity contribution in [3.8, 4) is 11.5 Å². The van der Waals surface area contributed by atoms with Gasteiger partial charge in [-0.05, 0) is 75.2 Å². The normalized spacial score (nSPS) is 17.0. The van der Waals surface area contributed by atoms with E-state index in [0.717, 1.165) is 51.3 Å². The lowest BCUT2D eigenvalue weighted by Crippen LogP contribution is -2.37. The maximum atomic E-state index is 10.5. The van der Waals surface area contributed by atoms with Crippen molar-refractivity contribution in [2.75, 3.05) is 60.5 Å². The lowest BCUT2D eigenvalue weighted by molar-refractivity contribution is 0.0685. The van der Waals surface area contributed by atoms with Crippen LogP contribution in [-0.2, 0) is 13.1 Å². The summed E-state index contributed by atoms with van der Waals surface area (Å²) in [7, 11) is 5.94.